The first-order chi connectivity index (χ1) is 9.98. The van der Waals surface area contributed by atoms with Gasteiger partial charge in [-0.05, 0) is 63.2 Å². The predicted octanol–water partition coefficient (Wildman–Crippen LogP) is 3.50. The zero-order valence-electron chi connectivity index (χ0n) is 11.4. The molecule has 0 bridgehead atoms. The average molecular weight is 540 g/mol. The van der Waals surface area contributed by atoms with Crippen LogP contribution in [0.1, 0.15) is 24.2 Å². The first-order valence-corrected chi connectivity index (χ1v) is 8.14. The van der Waals surface area contributed by atoms with Crippen LogP contribution in [0.5, 0.6) is 5.75 Å². The zero-order chi connectivity index (χ0) is 17.2. The maximum Gasteiger partial charge on any atom is 0.378 e. The molecule has 1 atom stereocenters. The Balaban J connectivity index is 3.16. The van der Waals surface area contributed by atoms with Crippen molar-refractivity contribution < 1.29 is 33.3 Å². The van der Waals surface area contributed by atoms with Gasteiger partial charge in [-0.25, -0.2) is 9.59 Å². The molecule has 0 fully saturated rings. The molecule has 0 amide bonds. The van der Waals surface area contributed by atoms with Gasteiger partial charge < -0.3 is 14.9 Å². The van der Waals surface area contributed by atoms with Crippen LogP contribution in [0.3, 0.4) is 0 Å². The van der Waals surface area contributed by atoms with Gasteiger partial charge >= 0.3 is 17.9 Å². The first-order valence-electron chi connectivity index (χ1n) is 5.98. The van der Waals surface area contributed by atoms with Crippen molar-refractivity contribution >= 4 is 57.1 Å². The number of ether oxygens (including phenoxy) is 1. The molecule has 1 aromatic rings. The Bertz CT molecular complexity index is 604. The molecule has 5 nitrogen and oxygen atoms in total. The Morgan fingerprint density at radius 3 is 2.27 bits per heavy atom. The Kier molecular flexibility index (Phi) is 6.36. The molecule has 0 aromatic heterocycles. The normalized spacial score (nSPS) is 13.0. The van der Waals surface area contributed by atoms with Crippen molar-refractivity contribution in [2.24, 2.45) is 5.92 Å². The van der Waals surface area contributed by atoms with E-state index in [1.54, 1.807) is 28.7 Å². The Labute approximate surface area is 152 Å². The molecule has 1 unspecified atom stereocenters. The van der Waals surface area contributed by atoms with E-state index in [0.717, 1.165) is 0 Å². The van der Waals surface area contributed by atoms with E-state index < -0.39 is 35.6 Å². The molecule has 0 heterocycles. The van der Waals surface area contributed by atoms with E-state index in [1.165, 1.54) is 19.9 Å². The summed E-state index contributed by atoms with van der Waals surface area (Å²) in [5.74, 6) is -9.13. The topological polar surface area (TPSA) is 83.8 Å². The number of aromatic hydroxyl groups is 1. The number of rotatable bonds is 5. The number of carbonyl (C=O) groups excluding carboxylic acids is 1. The lowest BCUT2D eigenvalue weighted by molar-refractivity contribution is -0.187. The van der Waals surface area contributed by atoms with E-state index in [4.69, 9.17) is 5.11 Å². The minimum absolute atomic E-state index is 0.289. The molecule has 0 aliphatic rings. The highest BCUT2D eigenvalue weighted by Gasteiger charge is 2.51. The lowest BCUT2D eigenvalue weighted by Crippen LogP contribution is -2.47. The summed E-state index contributed by atoms with van der Waals surface area (Å²) in [5.41, 5.74) is -0.289. The van der Waals surface area contributed by atoms with E-state index in [1.807, 2.05) is 22.6 Å². The first kappa shape index (κ1) is 19.3. The van der Waals surface area contributed by atoms with E-state index in [2.05, 4.69) is 4.74 Å². The third-order valence-corrected chi connectivity index (χ3v) is 4.18. The van der Waals surface area contributed by atoms with Gasteiger partial charge in [0.15, 0.2) is 6.10 Å². The lowest BCUT2D eigenvalue weighted by Gasteiger charge is -2.26. The third-order valence-electron chi connectivity index (χ3n) is 2.73. The Morgan fingerprint density at radius 2 is 1.82 bits per heavy atom. The summed E-state index contributed by atoms with van der Waals surface area (Å²) >= 11 is 3.67. The summed E-state index contributed by atoms with van der Waals surface area (Å²) < 4.78 is 32.9. The minimum Gasteiger partial charge on any atom is -0.506 e. The standard InChI is InChI=1S/C13H12F2I2O5/c1-5(2)10(13(14,15)12(20)21)22-11(19)7-3-6(16)4-8(17)9(7)18/h3-5,10,18H,1-2H3,(H,20,21). The number of carboxylic acids is 1. The number of benzene rings is 1. The molecule has 0 aliphatic carbocycles. The quantitative estimate of drug-likeness (QED) is 0.442. The second-order valence-electron chi connectivity index (χ2n) is 4.78. The molecule has 0 radical (unpaired) electrons. The number of halogens is 4. The van der Waals surface area contributed by atoms with Crippen LogP contribution in [-0.2, 0) is 9.53 Å². The number of alkyl halides is 2. The van der Waals surface area contributed by atoms with Crippen LogP contribution >= 0.6 is 45.2 Å². The monoisotopic (exact) mass is 540 g/mol. The second kappa shape index (κ2) is 7.23. The van der Waals surface area contributed by atoms with Crippen LogP contribution in [0.4, 0.5) is 8.78 Å². The smallest absolute Gasteiger partial charge is 0.378 e. The number of esters is 1. The predicted molar refractivity (Wildman–Crippen MR) is 90.2 cm³/mol. The Morgan fingerprint density at radius 1 is 1.27 bits per heavy atom. The van der Waals surface area contributed by atoms with Crippen molar-refractivity contribution in [3.63, 3.8) is 0 Å². The fourth-order valence-corrected chi connectivity index (χ4v) is 3.50. The fraction of sp³-hybridized carbons (Fsp3) is 0.385. The summed E-state index contributed by atoms with van der Waals surface area (Å²) in [5, 5.41) is 18.4. The van der Waals surface area contributed by atoms with Crippen molar-refractivity contribution in [3.8, 4) is 5.75 Å². The molecular weight excluding hydrogens is 528 g/mol. The van der Waals surface area contributed by atoms with Gasteiger partial charge in [0.1, 0.15) is 11.3 Å². The highest BCUT2D eigenvalue weighted by Crippen LogP contribution is 2.31. The van der Waals surface area contributed by atoms with Crippen LogP contribution in [0, 0.1) is 13.1 Å². The van der Waals surface area contributed by atoms with Crippen LogP contribution in [0.25, 0.3) is 0 Å². The van der Waals surface area contributed by atoms with Gasteiger partial charge in [-0.15, -0.1) is 0 Å². The zero-order valence-corrected chi connectivity index (χ0v) is 15.8. The summed E-state index contributed by atoms with van der Waals surface area (Å²) in [6, 6.07) is 2.86. The molecule has 2 N–H and O–H groups in total. The van der Waals surface area contributed by atoms with E-state index >= 15 is 0 Å². The maximum atomic E-state index is 13.7. The van der Waals surface area contributed by atoms with Crippen LogP contribution in [0.15, 0.2) is 12.1 Å². The number of phenols is 1. The van der Waals surface area contributed by atoms with Gasteiger partial charge in [-0.3, -0.25) is 0 Å². The second-order valence-corrected chi connectivity index (χ2v) is 7.19. The van der Waals surface area contributed by atoms with Crippen molar-refractivity contribution in [2.45, 2.75) is 25.9 Å². The number of carbonyl (C=O) groups is 2. The van der Waals surface area contributed by atoms with Crippen molar-refractivity contribution in [3.05, 3.63) is 24.8 Å². The van der Waals surface area contributed by atoms with Gasteiger partial charge in [0, 0.05) is 3.57 Å². The number of hydrogen-bond acceptors (Lipinski definition) is 4. The molecule has 0 saturated carbocycles. The summed E-state index contributed by atoms with van der Waals surface area (Å²) in [4.78, 5) is 22.7. The molecular formula is C13H12F2I2O5. The summed E-state index contributed by atoms with van der Waals surface area (Å²) in [6.45, 7) is 2.63. The van der Waals surface area contributed by atoms with Crippen LogP contribution in [-0.4, -0.2) is 34.2 Å². The molecule has 9 heteroatoms. The molecule has 22 heavy (non-hydrogen) atoms. The van der Waals surface area contributed by atoms with Gasteiger partial charge in [0.2, 0.25) is 0 Å². The molecule has 0 spiro atoms. The number of carboxylic acid groups (broad SMARTS) is 1. The lowest BCUT2D eigenvalue weighted by atomic mass is 10.0. The van der Waals surface area contributed by atoms with Gasteiger partial charge in [-0.1, -0.05) is 13.8 Å². The third kappa shape index (κ3) is 4.18. The number of phenolic OH excluding ortho intramolecular Hbond substituents is 1. The van der Waals surface area contributed by atoms with E-state index in [-0.39, 0.29) is 5.56 Å². The largest absolute Gasteiger partial charge is 0.506 e. The minimum atomic E-state index is -4.23. The molecule has 1 aromatic carbocycles. The molecule has 1 rings (SSSR count). The maximum absolute atomic E-state index is 13.7. The van der Waals surface area contributed by atoms with Gasteiger partial charge in [0.05, 0.1) is 3.57 Å². The number of hydrogen-bond donors (Lipinski definition) is 2. The molecule has 0 saturated heterocycles. The van der Waals surface area contributed by atoms with Crippen molar-refractivity contribution in [2.75, 3.05) is 0 Å². The molecule has 0 aliphatic heterocycles. The highest BCUT2D eigenvalue weighted by atomic mass is 127. The van der Waals surface area contributed by atoms with E-state index in [0.29, 0.717) is 7.14 Å². The summed E-state index contributed by atoms with van der Waals surface area (Å²) in [7, 11) is 0. The average Bonchev–Trinajstić information content (AvgIpc) is 2.38. The Hall–Kier alpha value is -0.720. The fourth-order valence-electron chi connectivity index (χ4n) is 1.65. The molecule has 122 valence electrons. The SMILES string of the molecule is CC(C)C(OC(=O)c1cc(I)cc(I)c1O)C(F)(F)C(=O)O. The van der Waals surface area contributed by atoms with Crippen LogP contribution in [0.2, 0.25) is 0 Å². The van der Waals surface area contributed by atoms with Crippen molar-refractivity contribution in [1.29, 1.82) is 0 Å². The number of aliphatic carboxylic acids is 1. The van der Waals surface area contributed by atoms with Gasteiger partial charge in [-0.2, -0.15) is 8.78 Å². The van der Waals surface area contributed by atoms with Gasteiger partial charge in [0.25, 0.3) is 0 Å². The van der Waals surface area contributed by atoms with E-state index in [9.17, 15) is 23.5 Å². The highest BCUT2D eigenvalue weighted by molar-refractivity contribution is 14.1. The summed E-state index contributed by atoms with van der Waals surface area (Å²) in [6.07, 6.45) is -2.15. The van der Waals surface area contributed by atoms with Crippen LogP contribution < -0.4 is 0 Å². The van der Waals surface area contributed by atoms with Crippen molar-refractivity contribution in [1.82, 2.24) is 0 Å².